The SMILES string of the molecule is CC(NCC1(N(C)C)CCCC1)c1ccc(Br)cc1Br. The van der Waals surface area contributed by atoms with E-state index in [-0.39, 0.29) is 0 Å². The Morgan fingerprint density at radius 1 is 1.25 bits per heavy atom. The predicted molar refractivity (Wildman–Crippen MR) is 93.1 cm³/mol. The number of benzene rings is 1. The van der Waals surface area contributed by atoms with Crippen molar-refractivity contribution in [2.75, 3.05) is 20.6 Å². The van der Waals surface area contributed by atoms with Gasteiger partial charge in [0.05, 0.1) is 0 Å². The summed E-state index contributed by atoms with van der Waals surface area (Å²) in [6.45, 7) is 3.30. The minimum absolute atomic E-state index is 0.343. The molecule has 0 aliphatic heterocycles. The van der Waals surface area contributed by atoms with Crippen molar-refractivity contribution in [1.82, 2.24) is 10.2 Å². The van der Waals surface area contributed by atoms with Crippen LogP contribution in [0.5, 0.6) is 0 Å². The fourth-order valence-electron chi connectivity index (χ4n) is 3.12. The molecule has 1 aliphatic rings. The second-order valence-electron chi connectivity index (χ2n) is 6.09. The Bertz CT molecular complexity index is 454. The molecule has 0 heterocycles. The van der Waals surface area contributed by atoms with E-state index in [2.05, 4.69) is 81.3 Å². The van der Waals surface area contributed by atoms with Crippen molar-refractivity contribution >= 4 is 31.9 Å². The number of nitrogens with zero attached hydrogens (tertiary/aromatic N) is 1. The summed E-state index contributed by atoms with van der Waals surface area (Å²) in [5.41, 5.74) is 1.66. The highest BCUT2D eigenvalue weighted by Crippen LogP contribution is 2.34. The normalized spacial score (nSPS) is 19.5. The van der Waals surface area contributed by atoms with E-state index in [4.69, 9.17) is 0 Å². The Morgan fingerprint density at radius 3 is 2.45 bits per heavy atom. The molecule has 2 rings (SSSR count). The summed E-state index contributed by atoms with van der Waals surface area (Å²) in [5, 5.41) is 3.74. The van der Waals surface area contributed by atoms with Gasteiger partial charge in [-0.3, -0.25) is 0 Å². The average Bonchev–Trinajstić information content (AvgIpc) is 2.86. The first kappa shape index (κ1) is 16.5. The molecule has 1 aliphatic carbocycles. The maximum Gasteiger partial charge on any atom is 0.0328 e. The quantitative estimate of drug-likeness (QED) is 0.763. The first-order valence-corrected chi connectivity index (χ1v) is 8.89. The summed E-state index contributed by atoms with van der Waals surface area (Å²) in [6, 6.07) is 6.76. The molecule has 1 atom stereocenters. The third-order valence-corrected chi connectivity index (χ3v) is 5.83. The van der Waals surface area contributed by atoms with E-state index in [1.807, 2.05) is 0 Å². The Hall–Kier alpha value is 0.1000. The molecule has 112 valence electrons. The van der Waals surface area contributed by atoms with Crippen molar-refractivity contribution in [3.8, 4) is 0 Å². The lowest BCUT2D eigenvalue weighted by Gasteiger charge is -2.37. The van der Waals surface area contributed by atoms with E-state index < -0.39 is 0 Å². The number of likely N-dealkylation sites (N-methyl/N-ethyl adjacent to an activating group) is 1. The molecule has 0 saturated heterocycles. The Kier molecular flexibility index (Phi) is 5.69. The van der Waals surface area contributed by atoms with Crippen LogP contribution >= 0.6 is 31.9 Å². The van der Waals surface area contributed by atoms with Crippen LogP contribution in [0.3, 0.4) is 0 Å². The molecule has 20 heavy (non-hydrogen) atoms. The van der Waals surface area contributed by atoms with Crippen LogP contribution in [0.1, 0.15) is 44.2 Å². The molecule has 1 fully saturated rings. The highest BCUT2D eigenvalue weighted by Gasteiger charge is 2.35. The summed E-state index contributed by atoms with van der Waals surface area (Å²) in [5.74, 6) is 0. The number of rotatable bonds is 5. The van der Waals surface area contributed by atoms with Gasteiger partial charge in [0.15, 0.2) is 0 Å². The van der Waals surface area contributed by atoms with E-state index in [0.717, 1.165) is 15.5 Å². The highest BCUT2D eigenvalue weighted by atomic mass is 79.9. The van der Waals surface area contributed by atoms with Gasteiger partial charge in [-0.15, -0.1) is 0 Å². The zero-order chi connectivity index (χ0) is 14.8. The van der Waals surface area contributed by atoms with Gasteiger partial charge in [0.1, 0.15) is 0 Å². The molecule has 0 amide bonds. The van der Waals surface area contributed by atoms with E-state index in [1.54, 1.807) is 0 Å². The molecular weight excluding hydrogens is 380 g/mol. The zero-order valence-electron chi connectivity index (χ0n) is 12.5. The molecule has 0 radical (unpaired) electrons. The number of halogens is 2. The fraction of sp³-hybridized carbons (Fsp3) is 0.625. The molecule has 1 unspecified atom stereocenters. The average molecular weight is 404 g/mol. The van der Waals surface area contributed by atoms with E-state index >= 15 is 0 Å². The standard InChI is InChI=1S/C16H24Br2N2/c1-12(14-7-6-13(17)10-15(14)18)19-11-16(20(2)3)8-4-5-9-16/h6-7,10,12,19H,4-5,8-9,11H2,1-3H3. The molecule has 1 N–H and O–H groups in total. The molecule has 2 nitrogen and oxygen atoms in total. The first-order chi connectivity index (χ1) is 9.44. The minimum Gasteiger partial charge on any atom is -0.308 e. The number of hydrogen-bond acceptors (Lipinski definition) is 2. The van der Waals surface area contributed by atoms with Gasteiger partial charge in [-0.25, -0.2) is 0 Å². The lowest BCUT2D eigenvalue weighted by Crippen LogP contribution is -2.50. The van der Waals surface area contributed by atoms with Gasteiger partial charge in [-0.2, -0.15) is 0 Å². The van der Waals surface area contributed by atoms with Crippen molar-refractivity contribution in [1.29, 1.82) is 0 Å². The first-order valence-electron chi connectivity index (χ1n) is 7.30. The summed E-state index contributed by atoms with van der Waals surface area (Å²) in [6.07, 6.45) is 5.33. The Morgan fingerprint density at radius 2 is 1.90 bits per heavy atom. The van der Waals surface area contributed by atoms with Gasteiger partial charge >= 0.3 is 0 Å². The minimum atomic E-state index is 0.343. The molecule has 4 heteroatoms. The van der Waals surface area contributed by atoms with Crippen molar-refractivity contribution < 1.29 is 0 Å². The smallest absolute Gasteiger partial charge is 0.0328 e. The van der Waals surface area contributed by atoms with E-state index in [0.29, 0.717) is 11.6 Å². The second-order valence-corrected chi connectivity index (χ2v) is 7.86. The van der Waals surface area contributed by atoms with Gasteiger partial charge < -0.3 is 10.2 Å². The fourth-order valence-corrected chi connectivity index (χ4v) is 4.51. The summed E-state index contributed by atoms with van der Waals surface area (Å²) in [4.78, 5) is 2.41. The zero-order valence-corrected chi connectivity index (χ0v) is 15.7. The van der Waals surface area contributed by atoms with Crippen molar-refractivity contribution in [3.63, 3.8) is 0 Å². The largest absolute Gasteiger partial charge is 0.308 e. The van der Waals surface area contributed by atoms with Crippen LogP contribution < -0.4 is 5.32 Å². The highest BCUT2D eigenvalue weighted by molar-refractivity contribution is 9.11. The van der Waals surface area contributed by atoms with Crippen LogP contribution in [-0.4, -0.2) is 31.1 Å². The predicted octanol–water partition coefficient (Wildman–Crippen LogP) is 4.74. The van der Waals surface area contributed by atoms with Crippen LogP contribution in [0.15, 0.2) is 27.1 Å². The maximum absolute atomic E-state index is 3.74. The molecule has 1 saturated carbocycles. The monoisotopic (exact) mass is 402 g/mol. The molecule has 0 bridgehead atoms. The molecular formula is C16H24Br2N2. The van der Waals surface area contributed by atoms with Gasteiger partial charge in [0, 0.05) is 27.1 Å². The lowest BCUT2D eigenvalue weighted by atomic mass is 9.95. The summed E-state index contributed by atoms with van der Waals surface area (Å²) in [7, 11) is 4.43. The van der Waals surface area contributed by atoms with Gasteiger partial charge in [0.25, 0.3) is 0 Å². The van der Waals surface area contributed by atoms with Crippen LogP contribution in [-0.2, 0) is 0 Å². The van der Waals surface area contributed by atoms with Gasteiger partial charge in [-0.05, 0) is 51.6 Å². The van der Waals surface area contributed by atoms with Crippen molar-refractivity contribution in [2.24, 2.45) is 0 Å². The maximum atomic E-state index is 3.74. The molecule has 1 aromatic rings. The van der Waals surface area contributed by atoms with Crippen molar-refractivity contribution in [3.05, 3.63) is 32.7 Å². The van der Waals surface area contributed by atoms with Gasteiger partial charge in [-0.1, -0.05) is 50.8 Å². The van der Waals surface area contributed by atoms with Crippen LogP contribution in [0.2, 0.25) is 0 Å². The Labute approximate surface area is 139 Å². The van der Waals surface area contributed by atoms with Crippen LogP contribution in [0.4, 0.5) is 0 Å². The molecule has 0 aromatic heterocycles. The summed E-state index contributed by atoms with van der Waals surface area (Å²) >= 11 is 7.17. The van der Waals surface area contributed by atoms with E-state index in [1.165, 1.54) is 31.2 Å². The number of nitrogens with one attached hydrogen (secondary N) is 1. The van der Waals surface area contributed by atoms with Crippen LogP contribution in [0, 0.1) is 0 Å². The van der Waals surface area contributed by atoms with Gasteiger partial charge in [0.2, 0.25) is 0 Å². The number of hydrogen-bond donors (Lipinski definition) is 1. The summed E-state index contributed by atoms with van der Waals surface area (Å²) < 4.78 is 2.28. The van der Waals surface area contributed by atoms with Crippen molar-refractivity contribution in [2.45, 2.75) is 44.2 Å². The molecule has 0 spiro atoms. The topological polar surface area (TPSA) is 15.3 Å². The van der Waals surface area contributed by atoms with E-state index in [9.17, 15) is 0 Å². The lowest BCUT2D eigenvalue weighted by molar-refractivity contribution is 0.150. The van der Waals surface area contributed by atoms with Crippen LogP contribution in [0.25, 0.3) is 0 Å². The third-order valence-electron chi connectivity index (χ3n) is 4.65. The molecule has 1 aromatic carbocycles. The Balaban J connectivity index is 2.02. The second kappa shape index (κ2) is 6.91. The third kappa shape index (κ3) is 3.65.